The average molecular weight is 241 g/mol. The first-order chi connectivity index (χ1) is 7.91. The summed E-state index contributed by atoms with van der Waals surface area (Å²) in [5.74, 6) is 0.385. The lowest BCUT2D eigenvalue weighted by atomic mass is 10.1. The molecule has 1 aromatic heterocycles. The molecule has 0 radical (unpaired) electrons. The summed E-state index contributed by atoms with van der Waals surface area (Å²) >= 11 is 0. The highest BCUT2D eigenvalue weighted by molar-refractivity contribution is 5.73. The van der Waals surface area contributed by atoms with Gasteiger partial charge in [0.25, 0.3) is 0 Å². The largest absolute Gasteiger partial charge is 0.480 e. The van der Waals surface area contributed by atoms with Gasteiger partial charge in [0, 0.05) is 5.92 Å². The molecular weight excluding hydrogens is 222 g/mol. The maximum Gasteiger partial charge on any atom is 0.320 e. The maximum atomic E-state index is 10.9. The van der Waals surface area contributed by atoms with E-state index < -0.39 is 12.0 Å². The van der Waals surface area contributed by atoms with Gasteiger partial charge in [0.2, 0.25) is 5.89 Å². The zero-order valence-electron chi connectivity index (χ0n) is 10.6. The number of rotatable bonds is 6. The third-order valence-electron chi connectivity index (χ3n) is 2.41. The molecule has 0 aliphatic rings. The van der Waals surface area contributed by atoms with E-state index in [1.54, 1.807) is 0 Å². The molecule has 6 heteroatoms. The first-order valence-electron chi connectivity index (χ1n) is 5.70. The summed E-state index contributed by atoms with van der Waals surface area (Å²) in [5.41, 5.74) is 0. The second-order valence-corrected chi connectivity index (χ2v) is 4.64. The zero-order chi connectivity index (χ0) is 13.0. The Morgan fingerprint density at radius 3 is 2.47 bits per heavy atom. The van der Waals surface area contributed by atoms with E-state index in [2.05, 4.69) is 15.5 Å². The fourth-order valence-electron chi connectivity index (χ4n) is 1.38. The van der Waals surface area contributed by atoms with Crippen molar-refractivity contribution in [2.45, 2.75) is 46.2 Å². The first-order valence-corrected chi connectivity index (χ1v) is 5.70. The molecular formula is C11H19N3O3. The number of hydrogen-bond acceptors (Lipinski definition) is 5. The lowest BCUT2D eigenvalue weighted by Crippen LogP contribution is -2.40. The van der Waals surface area contributed by atoms with Crippen LogP contribution in [-0.4, -0.2) is 27.3 Å². The number of aliphatic carboxylic acids is 1. The summed E-state index contributed by atoms with van der Waals surface area (Å²) in [6, 6.07) is -0.607. The van der Waals surface area contributed by atoms with Crippen molar-refractivity contribution in [3.8, 4) is 0 Å². The Labute approximate surface area is 100 Å². The summed E-state index contributed by atoms with van der Waals surface area (Å²) in [5, 5.41) is 15.7. The molecule has 1 unspecified atom stereocenters. The SMILES string of the molecule is CC(C)c1noc(CNC(C(=O)O)C(C)C)n1. The molecule has 0 saturated heterocycles. The Balaban J connectivity index is 2.56. The highest BCUT2D eigenvalue weighted by Crippen LogP contribution is 2.10. The Hall–Kier alpha value is -1.43. The van der Waals surface area contributed by atoms with Crippen LogP contribution in [0.2, 0.25) is 0 Å². The Bertz CT molecular complexity index is 374. The number of hydrogen-bond donors (Lipinski definition) is 2. The molecule has 17 heavy (non-hydrogen) atoms. The summed E-state index contributed by atoms with van der Waals surface area (Å²) in [6.07, 6.45) is 0. The van der Waals surface area contributed by atoms with Gasteiger partial charge < -0.3 is 9.63 Å². The van der Waals surface area contributed by atoms with Crippen LogP contribution in [-0.2, 0) is 11.3 Å². The molecule has 0 aliphatic heterocycles. The van der Waals surface area contributed by atoms with Crippen LogP contribution in [0.25, 0.3) is 0 Å². The van der Waals surface area contributed by atoms with Crippen molar-refractivity contribution < 1.29 is 14.4 Å². The third-order valence-corrected chi connectivity index (χ3v) is 2.41. The first kappa shape index (κ1) is 13.6. The van der Waals surface area contributed by atoms with Gasteiger partial charge in [-0.3, -0.25) is 10.1 Å². The van der Waals surface area contributed by atoms with Gasteiger partial charge in [-0.1, -0.05) is 32.9 Å². The van der Waals surface area contributed by atoms with Gasteiger partial charge in [0.05, 0.1) is 6.54 Å². The Morgan fingerprint density at radius 2 is 2.06 bits per heavy atom. The lowest BCUT2D eigenvalue weighted by Gasteiger charge is -2.16. The molecule has 1 atom stereocenters. The van der Waals surface area contributed by atoms with Crippen molar-refractivity contribution in [1.29, 1.82) is 0 Å². The quantitative estimate of drug-likeness (QED) is 0.782. The van der Waals surface area contributed by atoms with E-state index in [9.17, 15) is 4.79 Å². The van der Waals surface area contributed by atoms with Crippen molar-refractivity contribution >= 4 is 5.97 Å². The second kappa shape index (κ2) is 5.77. The van der Waals surface area contributed by atoms with Crippen LogP contribution in [0.4, 0.5) is 0 Å². The van der Waals surface area contributed by atoms with E-state index in [4.69, 9.17) is 9.63 Å². The van der Waals surface area contributed by atoms with E-state index in [1.807, 2.05) is 27.7 Å². The summed E-state index contributed by atoms with van der Waals surface area (Å²) in [7, 11) is 0. The van der Waals surface area contributed by atoms with Crippen LogP contribution < -0.4 is 5.32 Å². The topological polar surface area (TPSA) is 88.2 Å². The van der Waals surface area contributed by atoms with Gasteiger partial charge in [-0.2, -0.15) is 4.98 Å². The lowest BCUT2D eigenvalue weighted by molar-refractivity contribution is -0.140. The number of carboxylic acids is 1. The van der Waals surface area contributed by atoms with E-state index in [0.717, 1.165) is 0 Å². The van der Waals surface area contributed by atoms with Crippen molar-refractivity contribution in [3.05, 3.63) is 11.7 Å². The van der Waals surface area contributed by atoms with Crippen LogP contribution in [0.15, 0.2) is 4.52 Å². The Morgan fingerprint density at radius 1 is 1.41 bits per heavy atom. The fraction of sp³-hybridized carbons (Fsp3) is 0.727. The van der Waals surface area contributed by atoms with Gasteiger partial charge in [-0.05, 0) is 5.92 Å². The fourth-order valence-corrected chi connectivity index (χ4v) is 1.38. The third kappa shape index (κ3) is 3.81. The minimum absolute atomic E-state index is 0.00000871. The van der Waals surface area contributed by atoms with Crippen LogP contribution in [0.3, 0.4) is 0 Å². The van der Waals surface area contributed by atoms with Crippen LogP contribution in [0.5, 0.6) is 0 Å². The number of carboxylic acid groups (broad SMARTS) is 1. The molecule has 0 amide bonds. The number of aromatic nitrogens is 2. The van der Waals surface area contributed by atoms with Crippen molar-refractivity contribution in [2.24, 2.45) is 5.92 Å². The molecule has 0 bridgehead atoms. The van der Waals surface area contributed by atoms with Gasteiger partial charge in [0.15, 0.2) is 5.82 Å². The van der Waals surface area contributed by atoms with Gasteiger partial charge >= 0.3 is 5.97 Å². The van der Waals surface area contributed by atoms with Gasteiger partial charge in [-0.15, -0.1) is 0 Å². The van der Waals surface area contributed by atoms with Gasteiger partial charge in [0.1, 0.15) is 6.04 Å². The highest BCUT2D eigenvalue weighted by Gasteiger charge is 2.21. The number of nitrogens with zero attached hydrogens (tertiary/aromatic N) is 2. The Kier molecular flexibility index (Phi) is 4.62. The minimum atomic E-state index is -0.872. The predicted octanol–water partition coefficient (Wildman–Crippen LogP) is 1.39. The van der Waals surface area contributed by atoms with E-state index in [-0.39, 0.29) is 18.4 Å². The second-order valence-electron chi connectivity index (χ2n) is 4.64. The molecule has 6 nitrogen and oxygen atoms in total. The molecule has 0 fully saturated rings. The normalized spacial score (nSPS) is 13.3. The molecule has 0 spiro atoms. The minimum Gasteiger partial charge on any atom is -0.480 e. The molecule has 96 valence electrons. The highest BCUT2D eigenvalue weighted by atomic mass is 16.5. The molecule has 1 heterocycles. The van der Waals surface area contributed by atoms with Gasteiger partial charge in [-0.25, -0.2) is 0 Å². The monoisotopic (exact) mass is 241 g/mol. The summed E-state index contributed by atoms with van der Waals surface area (Å²) in [4.78, 5) is 15.1. The van der Waals surface area contributed by atoms with Crippen LogP contribution in [0.1, 0.15) is 45.3 Å². The summed E-state index contributed by atoms with van der Waals surface area (Å²) < 4.78 is 5.02. The number of carbonyl (C=O) groups is 1. The van der Waals surface area contributed by atoms with Crippen molar-refractivity contribution in [2.75, 3.05) is 0 Å². The standard InChI is InChI=1S/C11H19N3O3/c1-6(2)9(11(15)16)12-5-8-13-10(7(3)4)14-17-8/h6-7,9,12H,5H2,1-4H3,(H,15,16). The van der Waals surface area contributed by atoms with Crippen LogP contribution in [0, 0.1) is 5.92 Å². The molecule has 1 rings (SSSR count). The van der Waals surface area contributed by atoms with Crippen LogP contribution >= 0.6 is 0 Å². The summed E-state index contributed by atoms with van der Waals surface area (Å²) in [6.45, 7) is 7.90. The van der Waals surface area contributed by atoms with Crippen molar-refractivity contribution in [3.63, 3.8) is 0 Å². The molecule has 0 aromatic carbocycles. The number of nitrogens with one attached hydrogen (secondary N) is 1. The van der Waals surface area contributed by atoms with E-state index in [0.29, 0.717) is 11.7 Å². The molecule has 1 aromatic rings. The van der Waals surface area contributed by atoms with Crippen molar-refractivity contribution in [1.82, 2.24) is 15.5 Å². The van der Waals surface area contributed by atoms with E-state index in [1.165, 1.54) is 0 Å². The molecule has 0 aliphatic carbocycles. The van der Waals surface area contributed by atoms with E-state index >= 15 is 0 Å². The predicted molar refractivity (Wildman–Crippen MR) is 61.5 cm³/mol. The maximum absolute atomic E-state index is 10.9. The smallest absolute Gasteiger partial charge is 0.320 e. The molecule has 2 N–H and O–H groups in total. The zero-order valence-corrected chi connectivity index (χ0v) is 10.6. The average Bonchev–Trinajstić information content (AvgIpc) is 2.65. The molecule has 0 saturated carbocycles.